The topological polar surface area (TPSA) is 114 Å². The fourth-order valence-corrected chi connectivity index (χ4v) is 1.93. The summed E-state index contributed by atoms with van der Waals surface area (Å²) in [4.78, 5) is 0.327. The number of benzene rings is 1. The van der Waals surface area contributed by atoms with E-state index < -0.39 is 17.1 Å². The van der Waals surface area contributed by atoms with Crippen molar-refractivity contribution in [1.82, 2.24) is 0 Å². The first-order valence-corrected chi connectivity index (χ1v) is 7.16. The van der Waals surface area contributed by atoms with E-state index in [1.165, 1.54) is 11.5 Å². The zero-order valence-corrected chi connectivity index (χ0v) is 15.3. The van der Waals surface area contributed by atoms with Crippen LogP contribution in [-0.2, 0) is 45.5 Å². The summed E-state index contributed by atoms with van der Waals surface area (Å²) in [5.74, 6) is 0. The van der Waals surface area contributed by atoms with E-state index in [9.17, 15) is 25.7 Å². The van der Waals surface area contributed by atoms with Crippen molar-refractivity contribution in [2.24, 2.45) is 0 Å². The van der Waals surface area contributed by atoms with Gasteiger partial charge in [-0.2, -0.15) is 8.42 Å². The molecule has 1 aromatic carbocycles. The molecule has 6 nitrogen and oxygen atoms in total. The van der Waals surface area contributed by atoms with Gasteiger partial charge in [0.05, 0.1) is 4.90 Å². The van der Waals surface area contributed by atoms with Gasteiger partial charge >= 0.3 is 52.5 Å². The third-order valence-electron chi connectivity index (χ3n) is 1.52. The number of halogens is 4. The van der Waals surface area contributed by atoms with Crippen LogP contribution < -0.4 is 0 Å². The number of hydrogen-bond donors (Lipinski definition) is 0. The van der Waals surface area contributed by atoms with Crippen LogP contribution in [0.25, 0.3) is 0 Å². The summed E-state index contributed by atoms with van der Waals surface area (Å²) in [6.45, 7) is 19.8. The van der Waals surface area contributed by atoms with Gasteiger partial charge in [-0.15, -0.1) is 0 Å². The first-order chi connectivity index (χ1) is 12.2. The maximum absolute atomic E-state index is 11.5. The van der Waals surface area contributed by atoms with Crippen LogP contribution in [0.4, 0.5) is 17.3 Å². The molecule has 0 aromatic heterocycles. The molecule has 0 aliphatic carbocycles. The van der Waals surface area contributed by atoms with Crippen molar-refractivity contribution in [3.05, 3.63) is 74.8 Å². The third kappa shape index (κ3) is 40.2. The van der Waals surface area contributed by atoms with Gasteiger partial charge in [0.15, 0.2) is 5.41 Å². The molecule has 0 N–H and O–H groups in total. The van der Waals surface area contributed by atoms with Gasteiger partial charge in [0, 0.05) is 30.4 Å². The van der Waals surface area contributed by atoms with Crippen LogP contribution in [-0.4, -0.2) is 15.7 Å². The second-order valence-electron chi connectivity index (χ2n) is 3.01. The van der Waals surface area contributed by atoms with Crippen molar-refractivity contribution in [3.8, 4) is 0 Å². The second-order valence-corrected chi connectivity index (χ2v) is 4.85. The normalized spacial score (nSPS) is 8.19. The molecule has 1 rings (SSSR count). The van der Waals surface area contributed by atoms with Crippen molar-refractivity contribution in [2.75, 3.05) is 0 Å². The molecule has 0 heterocycles. The van der Waals surface area contributed by atoms with Crippen LogP contribution in [0.1, 0.15) is 6.92 Å². The summed E-state index contributed by atoms with van der Waals surface area (Å²) in [6.07, 6.45) is 3.20. The fourth-order valence-electron chi connectivity index (χ4n) is 0.871. The largest absolute Gasteiger partial charge is 0 e. The quantitative estimate of drug-likeness (QED) is 0.305. The summed E-state index contributed by atoms with van der Waals surface area (Å²) < 4.78 is 92.0. The Bertz CT molecular complexity index is 610. The van der Waals surface area contributed by atoms with Gasteiger partial charge in [0.25, 0.3) is 9.84 Å². The zero-order valence-electron chi connectivity index (χ0n) is 13.4. The van der Waals surface area contributed by atoms with Crippen LogP contribution >= 0.6 is 0 Å². The standard InChI is InChI=1S/C10H11O2S.4CO.BF4.Fe/c1-2-3-9-13(11,12)10-7-5-4-6-8-10;4*1-2;2-1(3,4)5;/h2-9H,1H3;;;;;;/q+1;;;;;-1;/b9-3+;;;;;;. The molecule has 0 fully saturated rings. The van der Waals surface area contributed by atoms with Crippen molar-refractivity contribution < 1.29 is 61.4 Å². The molecule has 13 heteroatoms. The summed E-state index contributed by atoms with van der Waals surface area (Å²) in [5, 5.41) is 1.20. The first-order valence-electron chi connectivity index (χ1n) is 5.62. The van der Waals surface area contributed by atoms with Crippen LogP contribution in [0.15, 0.2) is 46.7 Å². The minimum Gasteiger partial charge on any atom is 0 e. The molecule has 0 atom stereocenters. The molecule has 1 aromatic rings. The Balaban J connectivity index is -0.0000000667. The number of hydrogen-bond acceptors (Lipinski definition) is 2. The maximum Gasteiger partial charge on any atom is 0 e. The van der Waals surface area contributed by atoms with E-state index in [2.05, 4.69) is 26.6 Å². The van der Waals surface area contributed by atoms with E-state index in [1.807, 2.05) is 0 Å². The first kappa shape index (κ1) is 39.9. The fraction of sp³-hybridized carbons (Fsp3) is 0.0714. The average molecular weight is 450 g/mol. The monoisotopic (exact) mass is 450 g/mol. The summed E-state index contributed by atoms with van der Waals surface area (Å²) >= 11 is 0. The molecule has 0 bridgehead atoms. The number of sulfone groups is 1. The van der Waals surface area contributed by atoms with E-state index in [1.54, 1.807) is 43.7 Å². The van der Waals surface area contributed by atoms with Gasteiger partial charge in [-0.25, -0.2) is 0 Å². The predicted octanol–water partition coefficient (Wildman–Crippen LogP) is 3.35. The van der Waals surface area contributed by atoms with Crippen molar-refractivity contribution in [3.63, 3.8) is 0 Å². The van der Waals surface area contributed by atoms with E-state index in [0.717, 1.165) is 0 Å². The zero-order chi connectivity index (χ0) is 22.2. The molecule has 27 heavy (non-hydrogen) atoms. The van der Waals surface area contributed by atoms with E-state index >= 15 is 0 Å². The Hall–Kier alpha value is -1.96. The van der Waals surface area contributed by atoms with Crippen molar-refractivity contribution in [1.29, 1.82) is 0 Å². The molecular weight excluding hydrogens is 439 g/mol. The maximum atomic E-state index is 11.5. The molecule has 0 unspecified atom stereocenters. The predicted molar refractivity (Wildman–Crippen MR) is 78.6 cm³/mol. The average Bonchev–Trinajstić information content (AvgIpc) is 2.66. The molecule has 0 amide bonds. The Morgan fingerprint density at radius 3 is 1.44 bits per heavy atom. The van der Waals surface area contributed by atoms with E-state index in [-0.39, 0.29) is 17.1 Å². The minimum absolute atomic E-state index is 0. The van der Waals surface area contributed by atoms with E-state index in [4.69, 9.17) is 18.6 Å². The second kappa shape index (κ2) is 28.8. The van der Waals surface area contributed by atoms with Crippen LogP contribution in [0.2, 0.25) is 0 Å². The van der Waals surface area contributed by atoms with Gasteiger partial charge in [0.2, 0.25) is 0 Å². The molecular formula is C14H11BF4FeO6S. The summed E-state index contributed by atoms with van der Waals surface area (Å²) in [5.41, 5.74) is 0. The Kier molecular flexibility index (Phi) is 42.6. The van der Waals surface area contributed by atoms with Gasteiger partial charge < -0.3 is 17.3 Å². The third-order valence-corrected chi connectivity index (χ3v) is 2.97. The van der Waals surface area contributed by atoms with Gasteiger partial charge in [-0.3, -0.25) is 0 Å². The molecule has 0 spiro atoms. The Morgan fingerprint density at radius 2 is 1.19 bits per heavy atom. The molecule has 0 aliphatic heterocycles. The van der Waals surface area contributed by atoms with Gasteiger partial charge in [0.1, 0.15) is 6.08 Å². The number of rotatable bonds is 3. The molecule has 0 saturated heterocycles. The summed E-state index contributed by atoms with van der Waals surface area (Å²) in [7, 11) is -9.23. The van der Waals surface area contributed by atoms with E-state index in [0.29, 0.717) is 4.90 Å². The Labute approximate surface area is 165 Å². The molecule has 0 saturated carbocycles. The Morgan fingerprint density at radius 1 is 0.889 bits per heavy atom. The molecule has 148 valence electrons. The van der Waals surface area contributed by atoms with Gasteiger partial charge in [-0.05, 0) is 12.1 Å². The van der Waals surface area contributed by atoms with Crippen LogP contribution in [0, 0.1) is 33.0 Å². The molecule has 0 aliphatic rings. The summed E-state index contributed by atoms with van der Waals surface area (Å²) in [6, 6.07) is 8.35. The number of allylic oxidation sites excluding steroid dienone is 1. The molecule has 0 radical (unpaired) electrons. The van der Waals surface area contributed by atoms with Crippen LogP contribution in [0.5, 0.6) is 0 Å². The van der Waals surface area contributed by atoms with Crippen molar-refractivity contribution in [2.45, 2.75) is 11.8 Å². The smallest absolute Gasteiger partial charge is 0 e. The van der Waals surface area contributed by atoms with Crippen molar-refractivity contribution >= 4 is 17.1 Å². The van der Waals surface area contributed by atoms with Crippen LogP contribution in [0.3, 0.4) is 0 Å². The minimum atomic E-state index is -6.00. The van der Waals surface area contributed by atoms with Gasteiger partial charge in [-0.1, -0.05) is 18.2 Å². The SMILES string of the molecule is C[CH+]/C=C/S(=O)(=O)c1ccccc1.F[B-](F)(F)F.[C-]#[O+].[C-]#[O+].[C-]#[O+].[C-]#[O+].[Fe].